The number of hydrogen-bond acceptors (Lipinski definition) is 4. The van der Waals surface area contributed by atoms with Crippen LogP contribution < -0.4 is 5.32 Å². The first-order valence-corrected chi connectivity index (χ1v) is 8.09. The molecule has 0 aromatic carbocycles. The lowest BCUT2D eigenvalue weighted by molar-refractivity contribution is -0.0285. The lowest BCUT2D eigenvalue weighted by atomic mass is 9.81. The molecule has 0 spiro atoms. The summed E-state index contributed by atoms with van der Waals surface area (Å²) in [6, 6.07) is 0.371. The molecule has 116 valence electrons. The third kappa shape index (κ3) is 3.35. The molecule has 0 bridgehead atoms. The fourth-order valence-electron chi connectivity index (χ4n) is 3.44. The van der Waals surface area contributed by atoms with Gasteiger partial charge in [-0.2, -0.15) is 0 Å². The average Bonchev–Trinajstić information content (AvgIpc) is 2.53. The molecule has 0 radical (unpaired) electrons. The van der Waals surface area contributed by atoms with E-state index < -0.39 is 0 Å². The molecule has 0 aromatic rings. The van der Waals surface area contributed by atoms with E-state index in [-0.39, 0.29) is 5.54 Å². The van der Waals surface area contributed by atoms with Crippen molar-refractivity contribution in [2.75, 3.05) is 39.5 Å². The number of nitrogens with one attached hydrogen (secondary N) is 1. The van der Waals surface area contributed by atoms with Gasteiger partial charge in [-0.1, -0.05) is 13.8 Å². The highest BCUT2D eigenvalue weighted by molar-refractivity contribution is 5.18. The van der Waals surface area contributed by atoms with Crippen molar-refractivity contribution < 1.29 is 9.47 Å². The molecular weight excluding hydrogens is 252 g/mol. The first-order chi connectivity index (χ1) is 9.72. The van der Waals surface area contributed by atoms with Crippen molar-refractivity contribution in [3.8, 4) is 0 Å². The second-order valence-corrected chi connectivity index (χ2v) is 5.97. The summed E-state index contributed by atoms with van der Waals surface area (Å²) in [6.45, 7) is 12.5. The Morgan fingerprint density at radius 1 is 1.30 bits per heavy atom. The van der Waals surface area contributed by atoms with Crippen LogP contribution in [0.3, 0.4) is 0 Å². The Labute approximate surface area is 123 Å². The monoisotopic (exact) mass is 282 g/mol. The Morgan fingerprint density at radius 2 is 2.05 bits per heavy atom. The SMILES string of the molecule is CCNC(C1=COCCC1)C(C)(CC)N1CCOCC1. The highest BCUT2D eigenvalue weighted by Gasteiger charge is 2.40. The number of morpholine rings is 1. The molecule has 0 amide bonds. The molecule has 4 nitrogen and oxygen atoms in total. The Balaban J connectivity index is 2.20. The van der Waals surface area contributed by atoms with Gasteiger partial charge in [0.25, 0.3) is 0 Å². The molecule has 2 unspecified atom stereocenters. The molecular formula is C16H30N2O2. The summed E-state index contributed by atoms with van der Waals surface area (Å²) < 4.78 is 11.1. The van der Waals surface area contributed by atoms with E-state index in [0.717, 1.165) is 58.7 Å². The molecule has 2 aliphatic heterocycles. The molecule has 0 aromatic heterocycles. The molecule has 1 saturated heterocycles. The molecule has 2 atom stereocenters. The van der Waals surface area contributed by atoms with E-state index in [1.54, 1.807) is 0 Å². The fourth-order valence-corrected chi connectivity index (χ4v) is 3.44. The van der Waals surface area contributed by atoms with E-state index in [1.807, 2.05) is 6.26 Å². The van der Waals surface area contributed by atoms with Gasteiger partial charge < -0.3 is 14.8 Å². The van der Waals surface area contributed by atoms with Gasteiger partial charge in [-0.3, -0.25) is 4.90 Å². The Morgan fingerprint density at radius 3 is 2.60 bits per heavy atom. The minimum atomic E-state index is 0.131. The van der Waals surface area contributed by atoms with Gasteiger partial charge in [0.1, 0.15) is 0 Å². The van der Waals surface area contributed by atoms with Crippen LogP contribution in [0, 0.1) is 0 Å². The van der Waals surface area contributed by atoms with Crippen LogP contribution in [0.4, 0.5) is 0 Å². The van der Waals surface area contributed by atoms with Crippen LogP contribution in [0.25, 0.3) is 0 Å². The van der Waals surface area contributed by atoms with E-state index in [0.29, 0.717) is 6.04 Å². The van der Waals surface area contributed by atoms with Gasteiger partial charge in [0, 0.05) is 24.7 Å². The fraction of sp³-hybridized carbons (Fsp3) is 0.875. The first-order valence-electron chi connectivity index (χ1n) is 8.09. The molecule has 4 heteroatoms. The highest BCUT2D eigenvalue weighted by Crippen LogP contribution is 2.31. The van der Waals surface area contributed by atoms with Gasteiger partial charge in [-0.05, 0) is 38.3 Å². The number of ether oxygens (including phenoxy) is 2. The largest absolute Gasteiger partial charge is 0.501 e. The predicted molar refractivity (Wildman–Crippen MR) is 81.8 cm³/mol. The smallest absolute Gasteiger partial charge is 0.0876 e. The van der Waals surface area contributed by atoms with Crippen molar-refractivity contribution >= 4 is 0 Å². The van der Waals surface area contributed by atoms with Crippen LogP contribution in [0.15, 0.2) is 11.8 Å². The summed E-state index contributed by atoms with van der Waals surface area (Å²) in [5, 5.41) is 3.71. The normalized spacial score (nSPS) is 25.4. The minimum absolute atomic E-state index is 0.131. The minimum Gasteiger partial charge on any atom is -0.501 e. The highest BCUT2D eigenvalue weighted by atomic mass is 16.5. The van der Waals surface area contributed by atoms with Crippen molar-refractivity contribution in [1.82, 2.24) is 10.2 Å². The van der Waals surface area contributed by atoms with E-state index in [9.17, 15) is 0 Å². The number of likely N-dealkylation sites (N-methyl/N-ethyl adjacent to an activating group) is 1. The van der Waals surface area contributed by atoms with E-state index in [4.69, 9.17) is 9.47 Å². The van der Waals surface area contributed by atoms with Gasteiger partial charge in [0.05, 0.1) is 26.1 Å². The summed E-state index contributed by atoms with van der Waals surface area (Å²) >= 11 is 0. The molecule has 2 rings (SSSR count). The maximum atomic E-state index is 5.59. The van der Waals surface area contributed by atoms with Gasteiger partial charge in [0.15, 0.2) is 0 Å². The number of hydrogen-bond donors (Lipinski definition) is 1. The van der Waals surface area contributed by atoms with Crippen molar-refractivity contribution in [2.24, 2.45) is 0 Å². The first kappa shape index (κ1) is 15.8. The van der Waals surface area contributed by atoms with Crippen molar-refractivity contribution in [1.29, 1.82) is 0 Å². The topological polar surface area (TPSA) is 33.7 Å². The van der Waals surface area contributed by atoms with Crippen molar-refractivity contribution in [2.45, 2.75) is 51.6 Å². The third-order valence-electron chi connectivity index (χ3n) is 4.81. The van der Waals surface area contributed by atoms with Crippen LogP contribution in [0.2, 0.25) is 0 Å². The second kappa shape index (κ2) is 7.43. The molecule has 0 saturated carbocycles. The Bertz CT molecular complexity index is 326. The summed E-state index contributed by atoms with van der Waals surface area (Å²) in [6.07, 6.45) is 5.42. The summed E-state index contributed by atoms with van der Waals surface area (Å²) in [5.41, 5.74) is 1.56. The lowest BCUT2D eigenvalue weighted by Crippen LogP contribution is -2.62. The van der Waals surface area contributed by atoms with Crippen molar-refractivity contribution in [3.05, 3.63) is 11.8 Å². The average molecular weight is 282 g/mol. The molecule has 0 aliphatic carbocycles. The quantitative estimate of drug-likeness (QED) is 0.809. The number of nitrogens with zero attached hydrogens (tertiary/aromatic N) is 1. The van der Waals surface area contributed by atoms with Crippen LogP contribution in [0.5, 0.6) is 0 Å². The summed E-state index contributed by atoms with van der Waals surface area (Å²) in [4.78, 5) is 2.60. The van der Waals surface area contributed by atoms with E-state index in [1.165, 1.54) is 5.57 Å². The van der Waals surface area contributed by atoms with Gasteiger partial charge in [-0.25, -0.2) is 0 Å². The molecule has 20 heavy (non-hydrogen) atoms. The molecule has 1 fully saturated rings. The zero-order valence-electron chi connectivity index (χ0n) is 13.3. The Kier molecular flexibility index (Phi) is 5.87. The number of rotatable bonds is 6. The Hall–Kier alpha value is -0.580. The van der Waals surface area contributed by atoms with Crippen LogP contribution in [-0.2, 0) is 9.47 Å². The molecule has 2 heterocycles. The summed E-state index contributed by atoms with van der Waals surface area (Å²) in [5.74, 6) is 0. The van der Waals surface area contributed by atoms with Gasteiger partial charge in [-0.15, -0.1) is 0 Å². The molecule has 2 aliphatic rings. The van der Waals surface area contributed by atoms with E-state index >= 15 is 0 Å². The predicted octanol–water partition coefficient (Wildman–Crippen LogP) is 2.16. The van der Waals surface area contributed by atoms with Crippen molar-refractivity contribution in [3.63, 3.8) is 0 Å². The summed E-state index contributed by atoms with van der Waals surface area (Å²) in [7, 11) is 0. The lowest BCUT2D eigenvalue weighted by Gasteiger charge is -2.49. The molecule has 1 N–H and O–H groups in total. The van der Waals surface area contributed by atoms with Gasteiger partial charge in [0.2, 0.25) is 0 Å². The third-order valence-corrected chi connectivity index (χ3v) is 4.81. The van der Waals surface area contributed by atoms with Crippen LogP contribution >= 0.6 is 0 Å². The van der Waals surface area contributed by atoms with E-state index in [2.05, 4.69) is 31.0 Å². The van der Waals surface area contributed by atoms with Gasteiger partial charge >= 0.3 is 0 Å². The maximum Gasteiger partial charge on any atom is 0.0876 e. The zero-order chi connectivity index (χ0) is 14.4. The van der Waals surface area contributed by atoms with Crippen LogP contribution in [0.1, 0.15) is 40.0 Å². The van der Waals surface area contributed by atoms with Crippen LogP contribution in [-0.4, -0.2) is 55.9 Å². The standard InChI is InChI=1S/C16H30N2O2/c1-4-16(3,18-8-11-19-12-9-18)15(17-5-2)14-7-6-10-20-13-14/h13,15,17H,4-12H2,1-3H3. The maximum absolute atomic E-state index is 5.59. The zero-order valence-corrected chi connectivity index (χ0v) is 13.3. The second-order valence-electron chi connectivity index (χ2n) is 5.97.